The summed E-state index contributed by atoms with van der Waals surface area (Å²) in [5.74, 6) is 0.0429. The molecule has 0 bridgehead atoms. The molecule has 1 unspecified atom stereocenters. The number of amides is 2. The van der Waals surface area contributed by atoms with Crippen molar-refractivity contribution in [3.8, 4) is 11.5 Å². The SMILES string of the molecule is CCN(Cc1ccc(OC)c(F)c1)C(=O)C[NH+](C)CC(=O)Nc1cccc(OC)c1. The normalized spacial score (nSPS) is 11.5. The number of halogens is 1. The van der Waals surface area contributed by atoms with Crippen LogP contribution in [0.4, 0.5) is 10.1 Å². The molecule has 0 spiro atoms. The molecule has 30 heavy (non-hydrogen) atoms. The van der Waals surface area contributed by atoms with E-state index in [9.17, 15) is 14.0 Å². The number of likely N-dealkylation sites (N-methyl/N-ethyl adjacent to an activating group) is 2. The van der Waals surface area contributed by atoms with Gasteiger partial charge in [-0.05, 0) is 36.8 Å². The summed E-state index contributed by atoms with van der Waals surface area (Å²) in [7, 11) is 4.75. The van der Waals surface area contributed by atoms with Gasteiger partial charge in [-0.1, -0.05) is 12.1 Å². The summed E-state index contributed by atoms with van der Waals surface area (Å²) < 4.78 is 24.0. The van der Waals surface area contributed by atoms with E-state index in [0.29, 0.717) is 30.1 Å². The lowest BCUT2D eigenvalue weighted by atomic mass is 10.2. The van der Waals surface area contributed by atoms with Crippen molar-refractivity contribution in [2.24, 2.45) is 0 Å². The molecule has 1 atom stereocenters. The third kappa shape index (κ3) is 6.73. The zero-order chi connectivity index (χ0) is 22.1. The highest BCUT2D eigenvalue weighted by Crippen LogP contribution is 2.19. The number of hydrogen-bond acceptors (Lipinski definition) is 4. The van der Waals surface area contributed by atoms with Gasteiger partial charge >= 0.3 is 0 Å². The highest BCUT2D eigenvalue weighted by Gasteiger charge is 2.19. The van der Waals surface area contributed by atoms with Gasteiger partial charge in [0.2, 0.25) is 0 Å². The first kappa shape index (κ1) is 23.2. The molecule has 0 saturated heterocycles. The van der Waals surface area contributed by atoms with E-state index in [4.69, 9.17) is 9.47 Å². The van der Waals surface area contributed by atoms with Crippen molar-refractivity contribution in [3.05, 3.63) is 53.8 Å². The predicted molar refractivity (Wildman–Crippen MR) is 112 cm³/mol. The number of carbonyl (C=O) groups excluding carboxylic acids is 2. The van der Waals surface area contributed by atoms with Gasteiger partial charge in [0, 0.05) is 24.8 Å². The maximum absolute atomic E-state index is 13.9. The Hall–Kier alpha value is -3.13. The van der Waals surface area contributed by atoms with E-state index < -0.39 is 5.82 Å². The van der Waals surface area contributed by atoms with Crippen LogP contribution in [0.1, 0.15) is 12.5 Å². The molecule has 7 nitrogen and oxygen atoms in total. The Morgan fingerprint density at radius 1 is 1.10 bits per heavy atom. The van der Waals surface area contributed by atoms with Gasteiger partial charge in [0.1, 0.15) is 5.75 Å². The highest BCUT2D eigenvalue weighted by atomic mass is 19.1. The van der Waals surface area contributed by atoms with Gasteiger partial charge in [0.15, 0.2) is 24.7 Å². The van der Waals surface area contributed by atoms with Crippen LogP contribution in [0.25, 0.3) is 0 Å². The van der Waals surface area contributed by atoms with Crippen LogP contribution in [0.3, 0.4) is 0 Å². The molecule has 0 saturated carbocycles. The predicted octanol–water partition coefficient (Wildman–Crippen LogP) is 1.34. The van der Waals surface area contributed by atoms with Gasteiger partial charge in [0.05, 0.1) is 21.3 Å². The Balaban J connectivity index is 1.89. The maximum atomic E-state index is 13.9. The summed E-state index contributed by atoms with van der Waals surface area (Å²) in [5.41, 5.74) is 1.31. The standard InChI is InChI=1S/C22H28FN3O4/c1-5-26(13-16-9-10-20(30-4)19(23)11-16)22(28)15-25(2)14-21(27)24-17-7-6-8-18(12-17)29-3/h6-12H,5,13-15H2,1-4H3,(H,24,27)/p+1. The quantitative estimate of drug-likeness (QED) is 0.611. The molecular weight excluding hydrogens is 389 g/mol. The van der Waals surface area contributed by atoms with Crippen LogP contribution < -0.4 is 19.7 Å². The third-order valence-corrected chi connectivity index (χ3v) is 4.59. The molecule has 0 aromatic heterocycles. The minimum atomic E-state index is -0.463. The van der Waals surface area contributed by atoms with E-state index in [-0.39, 0.29) is 30.7 Å². The number of benzene rings is 2. The fraction of sp³-hybridized carbons (Fsp3) is 0.364. The van der Waals surface area contributed by atoms with Crippen molar-refractivity contribution in [2.75, 3.05) is 46.2 Å². The average Bonchev–Trinajstić information content (AvgIpc) is 2.71. The Labute approximate surface area is 176 Å². The lowest BCUT2D eigenvalue weighted by Gasteiger charge is -2.23. The first-order valence-corrected chi connectivity index (χ1v) is 9.71. The molecule has 0 heterocycles. The number of hydrogen-bond donors (Lipinski definition) is 2. The van der Waals surface area contributed by atoms with Gasteiger partial charge in [-0.25, -0.2) is 4.39 Å². The van der Waals surface area contributed by atoms with Gasteiger partial charge < -0.3 is 24.6 Å². The Bertz CT molecular complexity index is 875. The van der Waals surface area contributed by atoms with Crippen molar-refractivity contribution < 1.29 is 28.4 Å². The fourth-order valence-corrected chi connectivity index (χ4v) is 3.02. The third-order valence-electron chi connectivity index (χ3n) is 4.59. The molecule has 2 aromatic carbocycles. The maximum Gasteiger partial charge on any atom is 0.279 e. The molecule has 0 fully saturated rings. The van der Waals surface area contributed by atoms with E-state index in [2.05, 4.69) is 5.32 Å². The first-order chi connectivity index (χ1) is 14.4. The second-order valence-electron chi connectivity index (χ2n) is 6.97. The molecule has 2 aromatic rings. The van der Waals surface area contributed by atoms with Crippen LogP contribution in [0.5, 0.6) is 11.5 Å². The number of rotatable bonds is 10. The Morgan fingerprint density at radius 2 is 1.87 bits per heavy atom. The zero-order valence-electron chi connectivity index (χ0n) is 17.8. The smallest absolute Gasteiger partial charge is 0.279 e. The zero-order valence-corrected chi connectivity index (χ0v) is 17.8. The second-order valence-corrected chi connectivity index (χ2v) is 6.97. The van der Waals surface area contributed by atoms with Crippen molar-refractivity contribution >= 4 is 17.5 Å². The Kier molecular flexibility index (Phi) is 8.61. The average molecular weight is 418 g/mol. The molecule has 2 amide bonds. The molecule has 0 aliphatic carbocycles. The summed E-state index contributed by atoms with van der Waals surface area (Å²) in [6.45, 7) is 2.92. The summed E-state index contributed by atoms with van der Waals surface area (Å²) >= 11 is 0. The van der Waals surface area contributed by atoms with Crippen molar-refractivity contribution in [2.45, 2.75) is 13.5 Å². The number of carbonyl (C=O) groups is 2. The van der Waals surface area contributed by atoms with Crippen LogP contribution in [-0.2, 0) is 16.1 Å². The molecule has 2 N–H and O–H groups in total. The number of anilines is 1. The number of quaternary nitrogens is 1. The van der Waals surface area contributed by atoms with Crippen LogP contribution in [0.2, 0.25) is 0 Å². The van der Waals surface area contributed by atoms with Crippen LogP contribution in [0, 0.1) is 5.82 Å². The van der Waals surface area contributed by atoms with Crippen molar-refractivity contribution in [1.29, 1.82) is 0 Å². The summed E-state index contributed by atoms with van der Waals surface area (Å²) in [6, 6.07) is 11.7. The summed E-state index contributed by atoms with van der Waals surface area (Å²) in [5, 5.41) is 2.80. The number of ether oxygens (including phenoxy) is 2. The molecule has 0 aliphatic rings. The fourth-order valence-electron chi connectivity index (χ4n) is 3.02. The molecule has 162 valence electrons. The van der Waals surface area contributed by atoms with Gasteiger partial charge in [-0.3, -0.25) is 9.59 Å². The lowest BCUT2D eigenvalue weighted by Crippen LogP contribution is -3.11. The summed E-state index contributed by atoms with van der Waals surface area (Å²) in [4.78, 5) is 27.3. The lowest BCUT2D eigenvalue weighted by molar-refractivity contribution is -0.862. The Morgan fingerprint density at radius 3 is 2.50 bits per heavy atom. The van der Waals surface area contributed by atoms with Crippen molar-refractivity contribution in [3.63, 3.8) is 0 Å². The molecular formula is C22H29FN3O4+. The molecule has 0 aliphatic heterocycles. The monoisotopic (exact) mass is 418 g/mol. The van der Waals surface area contributed by atoms with Crippen LogP contribution in [0.15, 0.2) is 42.5 Å². The van der Waals surface area contributed by atoms with E-state index in [0.717, 1.165) is 4.90 Å². The number of nitrogens with one attached hydrogen (secondary N) is 2. The van der Waals surface area contributed by atoms with Gasteiger partial charge in [-0.15, -0.1) is 0 Å². The molecule has 0 radical (unpaired) electrons. The van der Waals surface area contributed by atoms with E-state index in [1.807, 2.05) is 6.92 Å². The van der Waals surface area contributed by atoms with E-state index >= 15 is 0 Å². The number of methoxy groups -OCH3 is 2. The van der Waals surface area contributed by atoms with Gasteiger partial charge in [-0.2, -0.15) is 0 Å². The molecule has 8 heteroatoms. The minimum absolute atomic E-state index is 0.111. The minimum Gasteiger partial charge on any atom is -0.497 e. The summed E-state index contributed by atoms with van der Waals surface area (Å²) in [6.07, 6.45) is 0. The van der Waals surface area contributed by atoms with E-state index in [1.54, 1.807) is 55.5 Å². The first-order valence-electron chi connectivity index (χ1n) is 9.71. The van der Waals surface area contributed by atoms with Crippen LogP contribution in [-0.4, -0.2) is 57.6 Å². The second kappa shape index (κ2) is 11.2. The topological polar surface area (TPSA) is 72.3 Å². The highest BCUT2D eigenvalue weighted by molar-refractivity contribution is 5.91. The van der Waals surface area contributed by atoms with Crippen molar-refractivity contribution in [1.82, 2.24) is 4.90 Å². The largest absolute Gasteiger partial charge is 0.497 e. The number of nitrogens with zero attached hydrogens (tertiary/aromatic N) is 1. The van der Waals surface area contributed by atoms with Crippen LogP contribution >= 0.6 is 0 Å². The molecule has 2 rings (SSSR count). The van der Waals surface area contributed by atoms with E-state index in [1.165, 1.54) is 13.2 Å². The van der Waals surface area contributed by atoms with Gasteiger partial charge in [0.25, 0.3) is 11.8 Å².